The van der Waals surface area contributed by atoms with E-state index in [1.807, 2.05) is 0 Å². The van der Waals surface area contributed by atoms with Gasteiger partial charge in [0.1, 0.15) is 5.60 Å². The molecule has 1 fully saturated rings. The summed E-state index contributed by atoms with van der Waals surface area (Å²) >= 11 is 0. The molecule has 4 N–H and O–H groups in total. The van der Waals surface area contributed by atoms with Crippen LogP contribution in [0.15, 0.2) is 0 Å². The molecule has 0 aromatic carbocycles. The highest BCUT2D eigenvalue weighted by Gasteiger charge is 2.39. The number of amides is 1. The standard InChI is InChI=1S/C12H22N2O4.C2H2O4/c1-5-17-10(15)8-6-14(7-9(8)13)11(16)18-12(2,3)4;3-1(4)2(5)6/h8-9H,5-7,13H2,1-4H3;(H,3,4)(H,5,6). The van der Waals surface area contributed by atoms with Crippen molar-refractivity contribution in [1.29, 1.82) is 0 Å². The lowest BCUT2D eigenvalue weighted by molar-refractivity contribution is -0.159. The molecule has 1 rings (SSSR count). The number of aliphatic carboxylic acids is 2. The third kappa shape index (κ3) is 7.77. The van der Waals surface area contributed by atoms with Gasteiger partial charge in [-0.05, 0) is 27.7 Å². The maximum Gasteiger partial charge on any atom is 0.414 e. The van der Waals surface area contributed by atoms with Gasteiger partial charge >= 0.3 is 24.0 Å². The van der Waals surface area contributed by atoms with Gasteiger partial charge in [0.15, 0.2) is 0 Å². The quantitative estimate of drug-likeness (QED) is 0.458. The molecular formula is C14H24N2O8. The number of carbonyl (C=O) groups excluding carboxylic acids is 2. The summed E-state index contributed by atoms with van der Waals surface area (Å²) < 4.78 is 10.2. The van der Waals surface area contributed by atoms with Crippen molar-refractivity contribution in [2.75, 3.05) is 19.7 Å². The number of carboxylic acid groups (broad SMARTS) is 2. The van der Waals surface area contributed by atoms with Gasteiger partial charge in [-0.1, -0.05) is 0 Å². The Hall–Kier alpha value is -2.36. The number of ether oxygens (including phenoxy) is 2. The summed E-state index contributed by atoms with van der Waals surface area (Å²) in [7, 11) is 0. The van der Waals surface area contributed by atoms with E-state index >= 15 is 0 Å². The van der Waals surface area contributed by atoms with Gasteiger partial charge in [0, 0.05) is 19.1 Å². The third-order valence-corrected chi connectivity index (χ3v) is 2.79. The van der Waals surface area contributed by atoms with Gasteiger partial charge in [0.25, 0.3) is 0 Å². The molecule has 10 heteroatoms. The summed E-state index contributed by atoms with van der Waals surface area (Å²) in [6, 6.07) is -0.392. The molecule has 0 aromatic heterocycles. The Morgan fingerprint density at radius 2 is 1.62 bits per heavy atom. The van der Waals surface area contributed by atoms with Gasteiger partial charge in [-0.15, -0.1) is 0 Å². The minimum absolute atomic E-state index is 0.259. The van der Waals surface area contributed by atoms with E-state index < -0.39 is 35.6 Å². The highest BCUT2D eigenvalue weighted by atomic mass is 16.6. The Morgan fingerprint density at radius 3 is 2.00 bits per heavy atom. The fraction of sp³-hybridized carbons (Fsp3) is 0.714. The summed E-state index contributed by atoms with van der Waals surface area (Å²) in [5, 5.41) is 14.8. The zero-order chi connectivity index (χ0) is 19.1. The van der Waals surface area contributed by atoms with Gasteiger partial charge in [0.2, 0.25) is 0 Å². The van der Waals surface area contributed by atoms with Crippen LogP contribution < -0.4 is 5.73 Å². The first-order chi connectivity index (χ1) is 10.9. The number of nitrogens with two attached hydrogens (primary N) is 1. The van der Waals surface area contributed by atoms with E-state index in [2.05, 4.69) is 0 Å². The Labute approximate surface area is 139 Å². The lowest BCUT2D eigenvalue weighted by Gasteiger charge is -2.24. The maximum absolute atomic E-state index is 11.8. The molecule has 1 saturated heterocycles. The van der Waals surface area contributed by atoms with Gasteiger partial charge in [-0.2, -0.15) is 0 Å². The van der Waals surface area contributed by atoms with Crippen LogP contribution in [-0.4, -0.2) is 70.5 Å². The molecule has 0 aliphatic carbocycles. The molecule has 138 valence electrons. The summed E-state index contributed by atoms with van der Waals surface area (Å²) in [5.74, 6) is -4.46. The first-order valence-electron chi connectivity index (χ1n) is 7.25. The van der Waals surface area contributed by atoms with E-state index in [9.17, 15) is 9.59 Å². The van der Waals surface area contributed by atoms with Gasteiger partial charge in [0.05, 0.1) is 12.5 Å². The predicted octanol–water partition coefficient (Wildman–Crippen LogP) is -0.101. The van der Waals surface area contributed by atoms with E-state index in [0.29, 0.717) is 13.2 Å². The van der Waals surface area contributed by atoms with Crippen LogP contribution >= 0.6 is 0 Å². The Bertz CT molecular complexity index is 474. The molecule has 0 aromatic rings. The highest BCUT2D eigenvalue weighted by molar-refractivity contribution is 6.27. The fourth-order valence-electron chi connectivity index (χ4n) is 1.80. The molecule has 0 spiro atoms. The maximum atomic E-state index is 11.8. The van der Waals surface area contributed by atoms with Crippen molar-refractivity contribution in [3.05, 3.63) is 0 Å². The largest absolute Gasteiger partial charge is 0.473 e. The first kappa shape index (κ1) is 21.6. The number of esters is 1. The van der Waals surface area contributed by atoms with Crippen molar-refractivity contribution in [2.24, 2.45) is 11.7 Å². The molecule has 2 atom stereocenters. The molecule has 1 amide bonds. The second-order valence-corrected chi connectivity index (χ2v) is 6.02. The van der Waals surface area contributed by atoms with Gasteiger partial charge in [-0.3, -0.25) is 4.79 Å². The molecule has 1 heterocycles. The van der Waals surface area contributed by atoms with Crippen LogP contribution in [0.1, 0.15) is 27.7 Å². The number of hydrogen-bond acceptors (Lipinski definition) is 7. The molecule has 2 unspecified atom stereocenters. The second-order valence-electron chi connectivity index (χ2n) is 6.02. The van der Waals surface area contributed by atoms with Crippen molar-refractivity contribution >= 4 is 24.0 Å². The number of likely N-dealkylation sites (tertiary alicyclic amines) is 1. The molecular weight excluding hydrogens is 324 g/mol. The van der Waals surface area contributed by atoms with Crippen LogP contribution in [0.2, 0.25) is 0 Å². The third-order valence-electron chi connectivity index (χ3n) is 2.79. The summed E-state index contributed by atoms with van der Waals surface area (Å²) in [5.41, 5.74) is 5.30. The smallest absolute Gasteiger partial charge is 0.414 e. The average Bonchev–Trinajstić information content (AvgIpc) is 2.80. The molecule has 0 radical (unpaired) electrons. The van der Waals surface area contributed by atoms with Crippen LogP contribution in [0, 0.1) is 5.92 Å². The van der Waals surface area contributed by atoms with E-state index in [-0.39, 0.29) is 12.5 Å². The van der Waals surface area contributed by atoms with Crippen LogP contribution in [-0.2, 0) is 23.9 Å². The molecule has 24 heavy (non-hydrogen) atoms. The summed E-state index contributed by atoms with van der Waals surface area (Å²) in [4.78, 5) is 43.1. The zero-order valence-corrected chi connectivity index (χ0v) is 14.1. The van der Waals surface area contributed by atoms with Gasteiger partial charge in [-0.25, -0.2) is 14.4 Å². The SMILES string of the molecule is CCOC(=O)C1CN(C(=O)OC(C)(C)C)CC1N.O=C(O)C(=O)O. The average molecular weight is 348 g/mol. The van der Waals surface area contributed by atoms with Crippen molar-refractivity contribution in [3.63, 3.8) is 0 Å². The van der Waals surface area contributed by atoms with Crippen LogP contribution in [0.3, 0.4) is 0 Å². The normalized spacial score (nSPS) is 19.8. The van der Waals surface area contributed by atoms with Crippen molar-refractivity contribution < 1.29 is 38.9 Å². The number of carboxylic acids is 2. The number of rotatable bonds is 2. The van der Waals surface area contributed by atoms with E-state index in [1.54, 1.807) is 27.7 Å². The second kappa shape index (κ2) is 9.06. The molecule has 0 bridgehead atoms. The lowest BCUT2D eigenvalue weighted by Crippen LogP contribution is -2.36. The minimum atomic E-state index is -1.82. The van der Waals surface area contributed by atoms with Crippen LogP contribution in [0.25, 0.3) is 0 Å². The lowest BCUT2D eigenvalue weighted by atomic mass is 10.1. The van der Waals surface area contributed by atoms with E-state index in [0.717, 1.165) is 0 Å². The van der Waals surface area contributed by atoms with Crippen molar-refractivity contribution in [1.82, 2.24) is 4.90 Å². The monoisotopic (exact) mass is 348 g/mol. The van der Waals surface area contributed by atoms with E-state index in [1.165, 1.54) is 4.90 Å². The zero-order valence-electron chi connectivity index (χ0n) is 14.1. The molecule has 1 aliphatic heterocycles. The number of nitrogens with zero attached hydrogens (tertiary/aromatic N) is 1. The molecule has 0 saturated carbocycles. The Kier molecular flexibility index (Phi) is 8.17. The van der Waals surface area contributed by atoms with Crippen LogP contribution in [0.4, 0.5) is 4.79 Å². The van der Waals surface area contributed by atoms with Crippen LogP contribution in [0.5, 0.6) is 0 Å². The Balaban J connectivity index is 0.000000754. The minimum Gasteiger partial charge on any atom is -0.473 e. The highest BCUT2D eigenvalue weighted by Crippen LogP contribution is 2.20. The topological polar surface area (TPSA) is 156 Å². The molecule has 1 aliphatic rings. The number of carbonyl (C=O) groups is 4. The molecule has 10 nitrogen and oxygen atoms in total. The summed E-state index contributed by atoms with van der Waals surface area (Å²) in [6.45, 7) is 8.02. The Morgan fingerprint density at radius 1 is 1.12 bits per heavy atom. The van der Waals surface area contributed by atoms with E-state index in [4.69, 9.17) is 35.0 Å². The number of hydrogen-bond donors (Lipinski definition) is 3. The van der Waals surface area contributed by atoms with Crippen molar-refractivity contribution in [3.8, 4) is 0 Å². The van der Waals surface area contributed by atoms with Crippen molar-refractivity contribution in [2.45, 2.75) is 39.3 Å². The first-order valence-corrected chi connectivity index (χ1v) is 7.25. The summed E-state index contributed by atoms with van der Waals surface area (Å²) in [6.07, 6.45) is -0.440. The fourth-order valence-corrected chi connectivity index (χ4v) is 1.80. The van der Waals surface area contributed by atoms with Gasteiger partial charge < -0.3 is 30.3 Å². The predicted molar refractivity (Wildman–Crippen MR) is 81.2 cm³/mol.